The molecule has 31 heavy (non-hydrogen) atoms. The largest absolute Gasteiger partial charge is 0.318 e. The lowest BCUT2D eigenvalue weighted by atomic mass is 9.85. The maximum atomic E-state index is 12.7. The molecule has 0 saturated heterocycles. The Balaban J connectivity index is 1.75. The zero-order valence-electron chi connectivity index (χ0n) is 17.2. The zero-order valence-corrected chi connectivity index (χ0v) is 18.8. The molecule has 0 unspecified atom stereocenters. The first-order chi connectivity index (χ1) is 14.8. The fourth-order valence-corrected chi connectivity index (χ4v) is 4.10. The molecule has 8 nitrogen and oxygen atoms in total. The van der Waals surface area contributed by atoms with Gasteiger partial charge in [-0.3, -0.25) is 4.79 Å². The lowest BCUT2D eigenvalue weighted by Gasteiger charge is -2.28. The summed E-state index contributed by atoms with van der Waals surface area (Å²) in [5.41, 5.74) is 4.59. The number of tetrazole rings is 1. The summed E-state index contributed by atoms with van der Waals surface area (Å²) >= 11 is 3.47. The second kappa shape index (κ2) is 7.12. The molecule has 0 aliphatic carbocycles. The van der Waals surface area contributed by atoms with Gasteiger partial charge in [-0.15, -0.1) is 0 Å². The third-order valence-corrected chi connectivity index (χ3v) is 6.01. The summed E-state index contributed by atoms with van der Waals surface area (Å²) in [6.07, 6.45) is 0. The van der Waals surface area contributed by atoms with Crippen LogP contribution in [0.4, 0.5) is 11.6 Å². The number of rotatable bonds is 2. The highest BCUT2D eigenvalue weighted by Crippen LogP contribution is 2.41. The van der Waals surface area contributed by atoms with Gasteiger partial charge in [0, 0.05) is 15.6 Å². The topological polar surface area (TPSA) is 101 Å². The lowest BCUT2D eigenvalue weighted by molar-refractivity contribution is 0.564. The second-order valence-corrected chi connectivity index (χ2v) is 9.46. The van der Waals surface area contributed by atoms with Crippen molar-refractivity contribution in [2.24, 2.45) is 0 Å². The zero-order chi connectivity index (χ0) is 21.8. The van der Waals surface area contributed by atoms with Crippen LogP contribution in [0.5, 0.6) is 0 Å². The summed E-state index contributed by atoms with van der Waals surface area (Å²) in [7, 11) is 0. The number of aromatic amines is 1. The van der Waals surface area contributed by atoms with Crippen molar-refractivity contribution in [3.05, 3.63) is 80.0 Å². The monoisotopic (exact) mass is 477 g/mol. The van der Waals surface area contributed by atoms with Gasteiger partial charge >= 0.3 is 0 Å². The van der Waals surface area contributed by atoms with Gasteiger partial charge in [0.2, 0.25) is 5.95 Å². The molecule has 0 amide bonds. The van der Waals surface area contributed by atoms with Crippen LogP contribution in [0.3, 0.4) is 0 Å². The summed E-state index contributed by atoms with van der Waals surface area (Å²) in [5, 5.41) is 22.2. The molecule has 0 saturated carbocycles. The fourth-order valence-electron chi connectivity index (χ4n) is 3.84. The van der Waals surface area contributed by atoms with Gasteiger partial charge in [-0.25, -0.2) is 5.10 Å². The van der Waals surface area contributed by atoms with Crippen LogP contribution in [0.15, 0.2) is 57.8 Å². The van der Waals surface area contributed by atoms with Gasteiger partial charge in [-0.1, -0.05) is 78.2 Å². The van der Waals surface area contributed by atoms with Crippen LogP contribution in [-0.2, 0) is 5.41 Å². The van der Waals surface area contributed by atoms with Crippen LogP contribution in [0.2, 0.25) is 0 Å². The van der Waals surface area contributed by atoms with Crippen LogP contribution >= 0.6 is 15.9 Å². The predicted octanol–water partition coefficient (Wildman–Crippen LogP) is 4.18. The predicted molar refractivity (Wildman–Crippen MR) is 121 cm³/mol. The number of hydrogen-bond acceptors (Lipinski definition) is 6. The molecule has 9 heteroatoms. The maximum Gasteiger partial charge on any atom is 0.288 e. The molecule has 0 fully saturated rings. The van der Waals surface area contributed by atoms with E-state index in [1.807, 2.05) is 24.3 Å². The van der Waals surface area contributed by atoms with Crippen molar-refractivity contribution < 1.29 is 0 Å². The fraction of sp³-hybridized carbons (Fsp3) is 0.227. The van der Waals surface area contributed by atoms with E-state index >= 15 is 0 Å². The van der Waals surface area contributed by atoms with E-state index in [1.165, 1.54) is 5.56 Å². The van der Waals surface area contributed by atoms with Crippen LogP contribution in [0, 0.1) is 0 Å². The molecule has 2 aromatic carbocycles. The number of halogens is 1. The number of nitrogens with zero attached hydrogens (tertiary/aromatic N) is 5. The van der Waals surface area contributed by atoms with Crippen LogP contribution in [-0.4, -0.2) is 30.4 Å². The molecule has 5 rings (SSSR count). The number of hydrogen-bond donors (Lipinski definition) is 2. The van der Waals surface area contributed by atoms with E-state index in [0.29, 0.717) is 17.3 Å². The van der Waals surface area contributed by atoms with Crippen molar-refractivity contribution in [1.82, 2.24) is 30.4 Å². The molecule has 2 N–H and O–H groups in total. The van der Waals surface area contributed by atoms with Crippen molar-refractivity contribution in [2.45, 2.75) is 32.2 Å². The number of benzene rings is 2. The smallest absolute Gasteiger partial charge is 0.288 e. The molecule has 1 atom stereocenters. The minimum Gasteiger partial charge on any atom is -0.318 e. The van der Waals surface area contributed by atoms with E-state index in [2.05, 4.69) is 92.0 Å². The number of aromatic nitrogens is 6. The summed E-state index contributed by atoms with van der Waals surface area (Å²) in [6, 6.07) is 15.8. The highest BCUT2D eigenvalue weighted by Gasteiger charge is 2.34. The summed E-state index contributed by atoms with van der Waals surface area (Å²) in [5.74, 6) is 0.413. The van der Waals surface area contributed by atoms with E-state index in [-0.39, 0.29) is 11.0 Å². The molecule has 2 aromatic heterocycles. The van der Waals surface area contributed by atoms with Crippen molar-refractivity contribution >= 4 is 27.6 Å². The molecule has 1 aliphatic heterocycles. The first kappa shape index (κ1) is 19.6. The van der Waals surface area contributed by atoms with E-state index in [0.717, 1.165) is 21.2 Å². The summed E-state index contributed by atoms with van der Waals surface area (Å²) < 4.78 is 2.66. The van der Waals surface area contributed by atoms with Crippen molar-refractivity contribution in [2.75, 3.05) is 5.32 Å². The number of nitrogens with one attached hydrogen (secondary N) is 2. The van der Waals surface area contributed by atoms with Crippen LogP contribution in [0.25, 0.3) is 11.3 Å². The molecule has 0 radical (unpaired) electrons. The van der Waals surface area contributed by atoms with Gasteiger partial charge in [0.1, 0.15) is 11.7 Å². The third-order valence-electron chi connectivity index (χ3n) is 5.48. The molecule has 4 aromatic rings. The standard InChI is InChI=1S/C22H20BrN7O/c1-22(2,3)14-8-4-13(5-9-14)19-16-17(12-6-10-15(23)11-7-12)25-26-20(31)18(16)24-21-27-28-29-30(19)21/h4-11,19H,1-3H3,(H,26,31)(H,24,27,29)/t19-/m1/s1. The second-order valence-electron chi connectivity index (χ2n) is 8.54. The van der Waals surface area contributed by atoms with Gasteiger partial charge in [0.15, 0.2) is 0 Å². The van der Waals surface area contributed by atoms with E-state index in [4.69, 9.17) is 0 Å². The van der Waals surface area contributed by atoms with E-state index in [9.17, 15) is 4.79 Å². The van der Waals surface area contributed by atoms with Gasteiger partial charge in [-0.2, -0.15) is 9.78 Å². The van der Waals surface area contributed by atoms with Gasteiger partial charge in [0.25, 0.3) is 5.56 Å². The first-order valence-corrected chi connectivity index (χ1v) is 10.7. The number of anilines is 2. The minimum atomic E-state index is -0.399. The third kappa shape index (κ3) is 3.34. The Morgan fingerprint density at radius 2 is 1.74 bits per heavy atom. The highest BCUT2D eigenvalue weighted by molar-refractivity contribution is 9.10. The van der Waals surface area contributed by atoms with E-state index < -0.39 is 6.04 Å². The average Bonchev–Trinajstić information content (AvgIpc) is 3.21. The molecule has 156 valence electrons. The van der Waals surface area contributed by atoms with Crippen LogP contribution in [0.1, 0.15) is 43.5 Å². The Bertz CT molecular complexity index is 1320. The van der Waals surface area contributed by atoms with Crippen molar-refractivity contribution in [1.29, 1.82) is 0 Å². The lowest BCUT2D eigenvalue weighted by Crippen LogP contribution is -2.29. The van der Waals surface area contributed by atoms with Gasteiger partial charge in [0.05, 0.1) is 5.69 Å². The van der Waals surface area contributed by atoms with Crippen molar-refractivity contribution in [3.8, 4) is 11.3 Å². The Labute approximate surface area is 186 Å². The Morgan fingerprint density at radius 1 is 1.03 bits per heavy atom. The quantitative estimate of drug-likeness (QED) is 0.395. The van der Waals surface area contributed by atoms with Crippen molar-refractivity contribution in [3.63, 3.8) is 0 Å². The van der Waals surface area contributed by atoms with Gasteiger partial charge in [-0.05, 0) is 39.1 Å². The first-order valence-electron chi connectivity index (χ1n) is 9.87. The summed E-state index contributed by atoms with van der Waals surface area (Å²) in [6.45, 7) is 6.53. The number of H-pyrrole nitrogens is 1. The molecule has 0 spiro atoms. The Kier molecular flexibility index (Phi) is 4.51. The summed E-state index contributed by atoms with van der Waals surface area (Å²) in [4.78, 5) is 12.7. The molecular weight excluding hydrogens is 458 g/mol. The maximum absolute atomic E-state index is 12.7. The van der Waals surface area contributed by atoms with Gasteiger partial charge < -0.3 is 5.32 Å². The molecular formula is C22H20BrN7O. The van der Waals surface area contributed by atoms with Crippen LogP contribution < -0.4 is 10.9 Å². The Hall–Kier alpha value is -3.33. The molecule has 0 bridgehead atoms. The molecule has 1 aliphatic rings. The number of fused-ring (bicyclic) bond motifs is 2. The SMILES string of the molecule is CC(C)(C)c1ccc([C@@H]2c3c(-c4ccc(Br)cc4)n[nH]c(=O)c3Nc3nnnn32)cc1. The van der Waals surface area contributed by atoms with E-state index in [1.54, 1.807) is 4.68 Å². The minimum absolute atomic E-state index is 0.0335. The Morgan fingerprint density at radius 3 is 2.42 bits per heavy atom. The molecule has 3 heterocycles. The highest BCUT2D eigenvalue weighted by atomic mass is 79.9. The average molecular weight is 478 g/mol. The normalized spacial score (nSPS) is 15.2.